The zero-order chi connectivity index (χ0) is 13.9. The number of fused-ring (bicyclic) bond motifs is 2. The molecule has 3 unspecified atom stereocenters. The van der Waals surface area contributed by atoms with Gasteiger partial charge < -0.3 is 10.6 Å². The van der Waals surface area contributed by atoms with E-state index >= 15 is 0 Å². The highest BCUT2D eigenvalue weighted by atomic mass is 35.5. The minimum absolute atomic E-state index is 0. The molecule has 1 aliphatic carbocycles. The Morgan fingerprint density at radius 1 is 1.14 bits per heavy atom. The monoisotopic (exact) mass is 314 g/mol. The smallest absolute Gasteiger partial charge is 0.223 e. The zero-order valence-electron chi connectivity index (χ0n) is 13.3. The predicted octanol–water partition coefficient (Wildman–Crippen LogP) is 3.41. The number of halogens is 1. The normalized spacial score (nSPS) is 33.5. The summed E-state index contributed by atoms with van der Waals surface area (Å²) in [6.07, 6.45) is 12.5. The molecule has 3 rings (SSSR count). The summed E-state index contributed by atoms with van der Waals surface area (Å²) in [7, 11) is 0. The van der Waals surface area contributed by atoms with Gasteiger partial charge >= 0.3 is 0 Å². The molecule has 3 aliphatic rings. The van der Waals surface area contributed by atoms with Crippen LogP contribution in [0.3, 0.4) is 0 Å². The number of hydrogen-bond donors (Lipinski definition) is 2. The van der Waals surface area contributed by atoms with Gasteiger partial charge in [-0.25, -0.2) is 0 Å². The second-order valence-corrected chi connectivity index (χ2v) is 7.31. The number of amides is 1. The van der Waals surface area contributed by atoms with Gasteiger partial charge in [0, 0.05) is 24.0 Å². The molecule has 21 heavy (non-hydrogen) atoms. The fourth-order valence-electron chi connectivity index (χ4n) is 4.60. The average molecular weight is 315 g/mol. The Morgan fingerprint density at radius 3 is 2.33 bits per heavy atom. The van der Waals surface area contributed by atoms with Crippen LogP contribution in [0.4, 0.5) is 0 Å². The summed E-state index contributed by atoms with van der Waals surface area (Å²) in [6.45, 7) is 2.17. The van der Waals surface area contributed by atoms with E-state index in [1.807, 2.05) is 0 Å². The standard InChI is InChI=1S/C17H30N2O.ClH/c1-2-13(9-12-5-3-4-6-12)17(20)19-16-10-14-7-8-15(11-16)18-14;/h12-16,18H,2-11H2,1H3,(H,19,20);1H. The molecule has 0 aromatic rings. The number of hydrogen-bond acceptors (Lipinski definition) is 2. The fourth-order valence-corrected chi connectivity index (χ4v) is 4.60. The highest BCUT2D eigenvalue weighted by Gasteiger charge is 2.35. The SMILES string of the molecule is CCC(CC1CCCC1)C(=O)NC1CC2CCC(C1)N2.Cl. The average Bonchev–Trinajstić information content (AvgIpc) is 3.06. The Kier molecular flexibility index (Phi) is 6.36. The third-order valence-corrected chi connectivity index (χ3v) is 5.78. The van der Waals surface area contributed by atoms with Crippen LogP contribution in [-0.4, -0.2) is 24.0 Å². The molecule has 3 atom stereocenters. The van der Waals surface area contributed by atoms with Gasteiger partial charge in [0.25, 0.3) is 0 Å². The number of piperidine rings is 1. The Balaban J connectivity index is 0.00000161. The maximum atomic E-state index is 12.5. The van der Waals surface area contributed by atoms with Crippen LogP contribution in [0.2, 0.25) is 0 Å². The van der Waals surface area contributed by atoms with Gasteiger partial charge in [0.05, 0.1) is 0 Å². The van der Waals surface area contributed by atoms with Crippen LogP contribution >= 0.6 is 12.4 Å². The molecule has 2 saturated heterocycles. The van der Waals surface area contributed by atoms with Gasteiger partial charge in [0.15, 0.2) is 0 Å². The van der Waals surface area contributed by atoms with E-state index in [1.54, 1.807) is 0 Å². The Morgan fingerprint density at radius 2 is 1.76 bits per heavy atom. The molecule has 122 valence electrons. The van der Waals surface area contributed by atoms with Crippen molar-refractivity contribution in [3.63, 3.8) is 0 Å². The summed E-state index contributed by atoms with van der Waals surface area (Å²) in [5.74, 6) is 1.41. The van der Waals surface area contributed by atoms with Crippen LogP contribution in [0.1, 0.15) is 71.1 Å². The van der Waals surface area contributed by atoms with E-state index in [0.29, 0.717) is 24.0 Å². The Hall–Kier alpha value is -0.280. The van der Waals surface area contributed by atoms with E-state index in [-0.39, 0.29) is 18.3 Å². The lowest BCUT2D eigenvalue weighted by molar-refractivity contribution is -0.126. The predicted molar refractivity (Wildman–Crippen MR) is 88.7 cm³/mol. The molecular weight excluding hydrogens is 284 g/mol. The molecule has 0 spiro atoms. The molecular formula is C17H31ClN2O. The lowest BCUT2D eigenvalue weighted by Gasteiger charge is -2.31. The molecule has 2 heterocycles. The van der Waals surface area contributed by atoms with Crippen LogP contribution in [0.25, 0.3) is 0 Å². The minimum Gasteiger partial charge on any atom is -0.353 e. The van der Waals surface area contributed by atoms with Crippen molar-refractivity contribution in [2.24, 2.45) is 11.8 Å². The second kappa shape index (κ2) is 7.82. The largest absolute Gasteiger partial charge is 0.353 e. The molecule has 4 heteroatoms. The van der Waals surface area contributed by atoms with Crippen molar-refractivity contribution in [2.45, 2.75) is 89.3 Å². The minimum atomic E-state index is 0. The summed E-state index contributed by atoms with van der Waals surface area (Å²) in [6, 6.07) is 1.75. The quantitative estimate of drug-likeness (QED) is 0.816. The van der Waals surface area contributed by atoms with Gasteiger partial charge in [-0.15, -0.1) is 12.4 Å². The van der Waals surface area contributed by atoms with Crippen molar-refractivity contribution in [2.75, 3.05) is 0 Å². The summed E-state index contributed by atoms with van der Waals surface area (Å²) in [5.41, 5.74) is 0. The van der Waals surface area contributed by atoms with Gasteiger partial charge in [-0.2, -0.15) is 0 Å². The van der Waals surface area contributed by atoms with Crippen LogP contribution in [-0.2, 0) is 4.79 Å². The van der Waals surface area contributed by atoms with Gasteiger partial charge in [0.1, 0.15) is 0 Å². The van der Waals surface area contributed by atoms with Gasteiger partial charge in [-0.3, -0.25) is 4.79 Å². The molecule has 2 aliphatic heterocycles. The lowest BCUT2D eigenvalue weighted by Crippen LogP contribution is -2.49. The van der Waals surface area contributed by atoms with Gasteiger partial charge in [-0.05, 0) is 44.4 Å². The summed E-state index contributed by atoms with van der Waals surface area (Å²) in [5, 5.41) is 7.01. The maximum absolute atomic E-state index is 12.5. The van der Waals surface area contributed by atoms with E-state index in [9.17, 15) is 4.79 Å². The summed E-state index contributed by atoms with van der Waals surface area (Å²) in [4.78, 5) is 12.5. The number of carbonyl (C=O) groups excluding carboxylic acids is 1. The molecule has 2 N–H and O–H groups in total. The highest BCUT2D eigenvalue weighted by Crippen LogP contribution is 2.32. The van der Waals surface area contributed by atoms with E-state index in [0.717, 1.165) is 31.6 Å². The molecule has 0 radical (unpaired) electrons. The molecule has 3 fully saturated rings. The first kappa shape index (κ1) is 17.1. The lowest BCUT2D eigenvalue weighted by atomic mass is 9.90. The van der Waals surface area contributed by atoms with Crippen LogP contribution in [0.5, 0.6) is 0 Å². The molecule has 1 amide bonds. The molecule has 3 nitrogen and oxygen atoms in total. The van der Waals surface area contributed by atoms with E-state index in [1.165, 1.54) is 38.5 Å². The Labute approximate surface area is 135 Å². The van der Waals surface area contributed by atoms with E-state index in [2.05, 4.69) is 17.6 Å². The van der Waals surface area contributed by atoms with Gasteiger partial charge in [0.2, 0.25) is 5.91 Å². The van der Waals surface area contributed by atoms with Crippen LogP contribution < -0.4 is 10.6 Å². The highest BCUT2D eigenvalue weighted by molar-refractivity contribution is 5.85. The molecule has 2 bridgehead atoms. The van der Waals surface area contributed by atoms with Crippen molar-refractivity contribution >= 4 is 18.3 Å². The van der Waals surface area contributed by atoms with Crippen molar-refractivity contribution in [3.8, 4) is 0 Å². The maximum Gasteiger partial charge on any atom is 0.223 e. The first-order chi connectivity index (χ1) is 9.74. The van der Waals surface area contributed by atoms with Gasteiger partial charge in [-0.1, -0.05) is 32.6 Å². The first-order valence-corrected chi connectivity index (χ1v) is 8.81. The number of carbonyl (C=O) groups is 1. The van der Waals surface area contributed by atoms with Crippen LogP contribution in [0, 0.1) is 11.8 Å². The second-order valence-electron chi connectivity index (χ2n) is 7.31. The molecule has 0 aromatic heterocycles. The van der Waals surface area contributed by atoms with Crippen molar-refractivity contribution in [1.29, 1.82) is 0 Å². The van der Waals surface area contributed by atoms with Crippen molar-refractivity contribution < 1.29 is 4.79 Å². The Bertz CT molecular complexity index is 332. The third kappa shape index (κ3) is 4.35. The summed E-state index contributed by atoms with van der Waals surface area (Å²) < 4.78 is 0. The molecule has 0 aromatic carbocycles. The van der Waals surface area contributed by atoms with Crippen molar-refractivity contribution in [1.82, 2.24) is 10.6 Å². The number of nitrogens with one attached hydrogen (secondary N) is 2. The topological polar surface area (TPSA) is 41.1 Å². The van der Waals surface area contributed by atoms with E-state index < -0.39 is 0 Å². The van der Waals surface area contributed by atoms with E-state index in [4.69, 9.17) is 0 Å². The third-order valence-electron chi connectivity index (χ3n) is 5.78. The van der Waals surface area contributed by atoms with Crippen LogP contribution in [0.15, 0.2) is 0 Å². The number of rotatable bonds is 5. The zero-order valence-corrected chi connectivity index (χ0v) is 14.1. The first-order valence-electron chi connectivity index (χ1n) is 8.81. The molecule has 1 saturated carbocycles. The fraction of sp³-hybridized carbons (Fsp3) is 0.941. The van der Waals surface area contributed by atoms with Crippen molar-refractivity contribution in [3.05, 3.63) is 0 Å². The summed E-state index contributed by atoms with van der Waals surface area (Å²) >= 11 is 0.